The van der Waals surface area contributed by atoms with Crippen molar-refractivity contribution >= 4 is 11.6 Å². The molecule has 7 heteroatoms. The van der Waals surface area contributed by atoms with Gasteiger partial charge in [-0.1, -0.05) is 0 Å². The van der Waals surface area contributed by atoms with Gasteiger partial charge in [0.05, 0.1) is 13.2 Å². The van der Waals surface area contributed by atoms with Crippen molar-refractivity contribution in [3.63, 3.8) is 0 Å². The van der Waals surface area contributed by atoms with E-state index in [1.165, 1.54) is 12.1 Å². The number of aliphatic imine (C=N–C) groups is 1. The maximum atomic E-state index is 13.1. The fourth-order valence-corrected chi connectivity index (χ4v) is 3.00. The van der Waals surface area contributed by atoms with Gasteiger partial charge in [-0.3, -0.25) is 4.99 Å². The van der Waals surface area contributed by atoms with Gasteiger partial charge in [0.1, 0.15) is 5.82 Å². The number of ether oxygens (including phenoxy) is 2. The molecule has 0 saturated carbocycles. The van der Waals surface area contributed by atoms with E-state index >= 15 is 0 Å². The zero-order valence-corrected chi connectivity index (χ0v) is 16.6. The summed E-state index contributed by atoms with van der Waals surface area (Å²) < 4.78 is 23.5. The number of piperazine rings is 1. The molecule has 1 aliphatic rings. The summed E-state index contributed by atoms with van der Waals surface area (Å²) in [4.78, 5) is 9.36. The Balaban J connectivity index is 1.73. The van der Waals surface area contributed by atoms with Crippen LogP contribution in [0.15, 0.2) is 29.3 Å². The van der Waals surface area contributed by atoms with Crippen molar-refractivity contribution in [1.82, 2.24) is 10.2 Å². The van der Waals surface area contributed by atoms with Crippen molar-refractivity contribution in [1.29, 1.82) is 0 Å². The normalized spacial score (nSPS) is 15.3. The van der Waals surface area contributed by atoms with Crippen molar-refractivity contribution in [2.75, 3.05) is 71.1 Å². The largest absolute Gasteiger partial charge is 0.382 e. The molecule has 0 radical (unpaired) electrons. The number of halogens is 1. The van der Waals surface area contributed by atoms with Crippen molar-refractivity contribution in [2.45, 2.75) is 19.8 Å². The van der Waals surface area contributed by atoms with Gasteiger partial charge in [0, 0.05) is 58.7 Å². The maximum Gasteiger partial charge on any atom is 0.194 e. The molecule has 1 N–H and O–H groups in total. The molecule has 2 rings (SSSR count). The molecule has 1 saturated heterocycles. The SMILES string of the molecule is CCNC(=NCCCCOCCOC)N1CCN(c2ccc(F)cc2)CC1. The molecule has 27 heavy (non-hydrogen) atoms. The molecule has 0 atom stereocenters. The lowest BCUT2D eigenvalue weighted by atomic mass is 10.2. The summed E-state index contributed by atoms with van der Waals surface area (Å²) >= 11 is 0. The number of benzene rings is 1. The lowest BCUT2D eigenvalue weighted by Crippen LogP contribution is -2.52. The van der Waals surface area contributed by atoms with E-state index < -0.39 is 0 Å². The van der Waals surface area contributed by atoms with Crippen LogP contribution in [0.25, 0.3) is 0 Å². The molecule has 1 aromatic carbocycles. The van der Waals surface area contributed by atoms with Crippen LogP contribution in [-0.4, -0.2) is 77.1 Å². The predicted octanol–water partition coefficient (Wildman–Crippen LogP) is 2.36. The minimum atomic E-state index is -0.192. The summed E-state index contributed by atoms with van der Waals surface area (Å²) in [7, 11) is 1.68. The molecule has 0 amide bonds. The highest BCUT2D eigenvalue weighted by molar-refractivity contribution is 5.80. The summed E-state index contributed by atoms with van der Waals surface area (Å²) in [5.41, 5.74) is 1.08. The Bertz CT molecular complexity index is 545. The maximum absolute atomic E-state index is 13.1. The second-order valence-electron chi connectivity index (χ2n) is 6.50. The van der Waals surface area contributed by atoms with Crippen LogP contribution in [0.3, 0.4) is 0 Å². The number of nitrogens with zero attached hydrogens (tertiary/aromatic N) is 3. The molecule has 0 spiro atoms. The number of hydrogen-bond donors (Lipinski definition) is 1. The number of methoxy groups -OCH3 is 1. The van der Waals surface area contributed by atoms with Gasteiger partial charge in [-0.05, 0) is 44.0 Å². The third-order valence-corrected chi connectivity index (χ3v) is 4.50. The van der Waals surface area contributed by atoms with E-state index in [-0.39, 0.29) is 5.82 Å². The first-order chi connectivity index (χ1) is 13.2. The summed E-state index contributed by atoms with van der Waals surface area (Å²) in [6, 6.07) is 6.73. The van der Waals surface area contributed by atoms with Crippen LogP contribution in [-0.2, 0) is 9.47 Å². The van der Waals surface area contributed by atoms with Crippen LogP contribution in [0.4, 0.5) is 10.1 Å². The Hall–Kier alpha value is -1.86. The van der Waals surface area contributed by atoms with Crippen molar-refractivity contribution in [2.24, 2.45) is 4.99 Å². The lowest BCUT2D eigenvalue weighted by Gasteiger charge is -2.37. The molecule has 1 aliphatic heterocycles. The van der Waals surface area contributed by atoms with E-state index in [0.29, 0.717) is 13.2 Å². The molecular formula is C20H33FN4O2. The molecule has 152 valence electrons. The Labute approximate surface area is 162 Å². The predicted molar refractivity (Wildman–Crippen MR) is 108 cm³/mol. The summed E-state index contributed by atoms with van der Waals surface area (Å²) in [6.45, 7) is 9.43. The molecular weight excluding hydrogens is 347 g/mol. The smallest absolute Gasteiger partial charge is 0.194 e. The molecule has 0 aliphatic carbocycles. The number of anilines is 1. The first kappa shape index (κ1) is 21.4. The van der Waals surface area contributed by atoms with Crippen LogP contribution in [0.2, 0.25) is 0 Å². The van der Waals surface area contributed by atoms with Gasteiger partial charge in [0.25, 0.3) is 0 Å². The number of nitrogens with one attached hydrogen (secondary N) is 1. The molecule has 1 heterocycles. The van der Waals surface area contributed by atoms with E-state index in [2.05, 4.69) is 22.0 Å². The minimum absolute atomic E-state index is 0.192. The number of hydrogen-bond acceptors (Lipinski definition) is 4. The van der Waals surface area contributed by atoms with Gasteiger partial charge in [-0.25, -0.2) is 4.39 Å². The summed E-state index contributed by atoms with van der Waals surface area (Å²) in [6.07, 6.45) is 2.02. The molecule has 1 aromatic rings. The van der Waals surface area contributed by atoms with Gasteiger partial charge < -0.3 is 24.6 Å². The highest BCUT2D eigenvalue weighted by atomic mass is 19.1. The van der Waals surface area contributed by atoms with Gasteiger partial charge in [-0.15, -0.1) is 0 Å². The molecule has 0 bridgehead atoms. The highest BCUT2D eigenvalue weighted by Crippen LogP contribution is 2.17. The molecule has 1 fully saturated rings. The second kappa shape index (κ2) is 12.5. The quantitative estimate of drug-likeness (QED) is 0.384. The topological polar surface area (TPSA) is 49.3 Å². The van der Waals surface area contributed by atoms with Crippen molar-refractivity contribution in [3.8, 4) is 0 Å². The van der Waals surface area contributed by atoms with Crippen LogP contribution in [0, 0.1) is 5.82 Å². The third kappa shape index (κ3) is 7.72. The lowest BCUT2D eigenvalue weighted by molar-refractivity contribution is 0.0690. The Morgan fingerprint density at radius 3 is 2.48 bits per heavy atom. The van der Waals surface area contributed by atoms with Gasteiger partial charge in [0.15, 0.2) is 5.96 Å². The Kier molecular flexibility index (Phi) is 9.94. The summed E-state index contributed by atoms with van der Waals surface area (Å²) in [5.74, 6) is 0.791. The van der Waals surface area contributed by atoms with Crippen LogP contribution < -0.4 is 10.2 Å². The van der Waals surface area contributed by atoms with Crippen LogP contribution >= 0.6 is 0 Å². The van der Waals surface area contributed by atoms with E-state index in [4.69, 9.17) is 14.5 Å². The Morgan fingerprint density at radius 2 is 1.81 bits per heavy atom. The monoisotopic (exact) mass is 380 g/mol. The molecule has 6 nitrogen and oxygen atoms in total. The van der Waals surface area contributed by atoms with Crippen molar-refractivity contribution in [3.05, 3.63) is 30.1 Å². The van der Waals surface area contributed by atoms with Gasteiger partial charge >= 0.3 is 0 Å². The van der Waals surface area contributed by atoms with Crippen molar-refractivity contribution < 1.29 is 13.9 Å². The van der Waals surface area contributed by atoms with Gasteiger partial charge in [0.2, 0.25) is 0 Å². The number of guanidine groups is 1. The fraction of sp³-hybridized carbons (Fsp3) is 0.650. The highest BCUT2D eigenvalue weighted by Gasteiger charge is 2.19. The average molecular weight is 381 g/mol. The van der Waals surface area contributed by atoms with E-state index in [1.807, 2.05) is 12.1 Å². The van der Waals surface area contributed by atoms with Crippen LogP contribution in [0.1, 0.15) is 19.8 Å². The molecule has 0 aromatic heterocycles. The number of unbranched alkanes of at least 4 members (excludes halogenated alkanes) is 1. The first-order valence-corrected chi connectivity index (χ1v) is 9.85. The van der Waals surface area contributed by atoms with E-state index in [1.54, 1.807) is 7.11 Å². The van der Waals surface area contributed by atoms with Gasteiger partial charge in [-0.2, -0.15) is 0 Å². The molecule has 0 unspecified atom stereocenters. The first-order valence-electron chi connectivity index (χ1n) is 9.85. The zero-order chi connectivity index (χ0) is 19.3. The fourth-order valence-electron chi connectivity index (χ4n) is 3.00. The Morgan fingerprint density at radius 1 is 1.07 bits per heavy atom. The zero-order valence-electron chi connectivity index (χ0n) is 16.6. The minimum Gasteiger partial charge on any atom is -0.382 e. The third-order valence-electron chi connectivity index (χ3n) is 4.50. The average Bonchev–Trinajstić information content (AvgIpc) is 2.70. The second-order valence-corrected chi connectivity index (χ2v) is 6.50. The summed E-state index contributed by atoms with van der Waals surface area (Å²) in [5, 5.41) is 3.39. The standard InChI is InChI=1S/C20H33FN4O2/c1-3-22-20(23-10-4-5-15-27-17-16-26-2)25-13-11-24(12-14-25)19-8-6-18(21)7-9-19/h6-9H,3-5,10-17H2,1-2H3,(H,22,23). The number of rotatable bonds is 10. The van der Waals surface area contributed by atoms with E-state index in [0.717, 1.165) is 70.4 Å². The van der Waals surface area contributed by atoms with E-state index in [9.17, 15) is 4.39 Å². The van der Waals surface area contributed by atoms with Crippen LogP contribution in [0.5, 0.6) is 0 Å².